The Morgan fingerprint density at radius 1 is 0.605 bits per heavy atom. The Bertz CT molecular complexity index is 3450. The number of oxazole rings is 2. The van der Waals surface area contributed by atoms with Crippen molar-refractivity contribution < 1.29 is 42.4 Å². The van der Waals surface area contributed by atoms with E-state index in [-0.39, 0.29) is 12.3 Å². The van der Waals surface area contributed by atoms with Crippen LogP contribution in [0.1, 0.15) is 84.5 Å². The molecule has 10 rings (SSSR count). The van der Waals surface area contributed by atoms with E-state index in [4.69, 9.17) is 23.0 Å². The van der Waals surface area contributed by atoms with E-state index in [0.717, 1.165) is 73.5 Å². The second kappa shape index (κ2) is 25.0. The van der Waals surface area contributed by atoms with Crippen LogP contribution < -0.4 is 14.2 Å². The van der Waals surface area contributed by atoms with Gasteiger partial charge in [0.1, 0.15) is 35.3 Å². The van der Waals surface area contributed by atoms with Crippen molar-refractivity contribution in [3.8, 4) is 34.4 Å². The number of ether oxygens (including phenoxy) is 3. The van der Waals surface area contributed by atoms with Gasteiger partial charge in [-0.2, -0.15) is 4.68 Å². The van der Waals surface area contributed by atoms with E-state index in [1.165, 1.54) is 4.68 Å². The Kier molecular flexibility index (Phi) is 16.9. The number of hydrogen-bond donors (Lipinski definition) is 2. The van der Waals surface area contributed by atoms with E-state index in [1.54, 1.807) is 6.92 Å². The Labute approximate surface area is 439 Å². The number of aromatic carboxylic acids is 1. The lowest BCUT2D eigenvalue weighted by atomic mass is 10.1. The minimum absolute atomic E-state index is 0.0991. The average Bonchev–Trinajstić information content (AvgIpc) is 4.24. The maximum absolute atomic E-state index is 12.6. The molecule has 76 heavy (non-hydrogen) atoms. The third kappa shape index (κ3) is 13.4. The number of benzene rings is 6. The molecule has 4 aromatic heterocycles. The smallest absolute Gasteiger partial charge is 0.389 e. The summed E-state index contributed by atoms with van der Waals surface area (Å²) >= 11 is 0. The second-order valence-corrected chi connectivity index (χ2v) is 17.7. The Balaban J connectivity index is 0.000000186. The van der Waals surface area contributed by atoms with Crippen molar-refractivity contribution in [1.82, 2.24) is 35.3 Å². The van der Waals surface area contributed by atoms with Crippen LogP contribution in [0.3, 0.4) is 0 Å². The predicted molar refractivity (Wildman–Crippen MR) is 283 cm³/mol. The highest BCUT2D eigenvalue weighted by molar-refractivity contribution is 5.88. The standard InChI is InChI=1S/C31H30N4O4.C29H26N4O4/c1-3-37-31(36)29-28(35(34-33-29)21-24-10-6-4-7-11-24)20-23-14-16-26(17-15-23)38-19-18-27-22(2)39-30(32-27)25-12-8-5-9-13-25;1-20-25(30-28(37-20)23-10-6-3-7-11-23)16-17-36-24-14-12-21(13-15-24)18-26-27(29(34)35)33(32-31-26)19-22-8-4-2-5-9-22/h4-17H,3,18-21H2,1-2H3;2-15H,16-19H2,1H3,(H,34,35)/p+1. The highest BCUT2D eigenvalue weighted by Gasteiger charge is 2.29. The van der Waals surface area contributed by atoms with Gasteiger partial charge in [-0.15, -0.1) is 5.10 Å². The summed E-state index contributed by atoms with van der Waals surface area (Å²) in [7, 11) is 0. The summed E-state index contributed by atoms with van der Waals surface area (Å²) in [5.74, 6) is 2.82. The molecular formula is C60H57N8O8+. The van der Waals surface area contributed by atoms with E-state index < -0.39 is 11.9 Å². The number of carboxylic acid groups (broad SMARTS) is 1. The number of carboxylic acids is 1. The normalized spacial score (nSPS) is 10.9. The van der Waals surface area contributed by atoms with Crippen LogP contribution in [0.4, 0.5) is 0 Å². The molecule has 2 N–H and O–H groups in total. The fourth-order valence-corrected chi connectivity index (χ4v) is 8.42. The average molecular weight is 1020 g/mol. The molecule has 0 fully saturated rings. The summed E-state index contributed by atoms with van der Waals surface area (Å²) in [6.07, 6.45) is 2.13. The van der Waals surface area contributed by atoms with Gasteiger partial charge in [-0.1, -0.05) is 132 Å². The number of esters is 1. The summed E-state index contributed by atoms with van der Waals surface area (Å²) < 4.78 is 32.1. The molecule has 0 amide bonds. The molecule has 0 saturated heterocycles. The number of nitrogens with one attached hydrogen (secondary N) is 1. The lowest BCUT2D eigenvalue weighted by Gasteiger charge is -2.07. The predicted octanol–water partition coefficient (Wildman–Crippen LogP) is 10.3. The number of aromatic amines is 1. The van der Waals surface area contributed by atoms with E-state index in [9.17, 15) is 14.7 Å². The van der Waals surface area contributed by atoms with Gasteiger partial charge in [0.15, 0.2) is 11.4 Å². The number of carbonyl (C=O) groups is 2. The van der Waals surface area contributed by atoms with E-state index in [1.807, 2.05) is 188 Å². The number of aromatic nitrogens is 8. The molecule has 0 unspecified atom stereocenters. The van der Waals surface area contributed by atoms with Crippen LogP contribution in [0, 0.1) is 13.8 Å². The molecule has 0 spiro atoms. The van der Waals surface area contributed by atoms with Gasteiger partial charge in [0.05, 0.1) is 42.9 Å². The topological polar surface area (TPSA) is 197 Å². The van der Waals surface area contributed by atoms with Crippen molar-refractivity contribution in [2.75, 3.05) is 19.8 Å². The quantitative estimate of drug-likeness (QED) is 0.0510. The molecule has 4 heterocycles. The fraction of sp³-hybridized carbons (Fsp3) is 0.200. The lowest BCUT2D eigenvalue weighted by molar-refractivity contribution is -0.751. The van der Waals surface area contributed by atoms with Crippen LogP contribution in [0.15, 0.2) is 179 Å². The molecule has 6 aromatic carbocycles. The van der Waals surface area contributed by atoms with Crippen LogP contribution >= 0.6 is 0 Å². The van der Waals surface area contributed by atoms with Gasteiger partial charge in [0.25, 0.3) is 0 Å². The first-order chi connectivity index (χ1) is 37.2. The van der Waals surface area contributed by atoms with Crippen molar-refractivity contribution >= 4 is 11.9 Å². The van der Waals surface area contributed by atoms with Crippen molar-refractivity contribution in [2.45, 2.75) is 59.5 Å². The minimum atomic E-state index is -1.05. The number of rotatable bonds is 21. The molecule has 0 aliphatic rings. The number of carbonyl (C=O) groups excluding carboxylic acids is 1. The molecular weight excluding hydrogens is 961 g/mol. The molecule has 0 saturated carbocycles. The van der Waals surface area contributed by atoms with Gasteiger partial charge in [0, 0.05) is 36.8 Å². The van der Waals surface area contributed by atoms with Gasteiger partial charge in [0.2, 0.25) is 11.8 Å². The van der Waals surface area contributed by atoms with Crippen LogP contribution in [0.2, 0.25) is 0 Å². The van der Waals surface area contributed by atoms with Crippen molar-refractivity contribution in [3.63, 3.8) is 0 Å². The molecule has 16 nitrogen and oxygen atoms in total. The van der Waals surface area contributed by atoms with E-state index in [2.05, 4.69) is 30.6 Å². The zero-order chi connectivity index (χ0) is 52.6. The summed E-state index contributed by atoms with van der Waals surface area (Å²) in [4.78, 5) is 33.8. The molecule has 16 heteroatoms. The van der Waals surface area contributed by atoms with Crippen LogP contribution in [-0.2, 0) is 43.5 Å². The molecule has 0 bridgehead atoms. The Morgan fingerprint density at radius 3 is 1.59 bits per heavy atom. The summed E-state index contributed by atoms with van der Waals surface area (Å²) in [5.41, 5.74) is 9.25. The molecule has 384 valence electrons. The Morgan fingerprint density at radius 2 is 1.09 bits per heavy atom. The van der Waals surface area contributed by atoms with E-state index in [0.29, 0.717) is 75.2 Å². The molecule has 10 aromatic rings. The van der Waals surface area contributed by atoms with Crippen molar-refractivity contribution in [1.29, 1.82) is 0 Å². The second-order valence-electron chi connectivity index (χ2n) is 17.7. The van der Waals surface area contributed by atoms with Gasteiger partial charge >= 0.3 is 17.6 Å². The van der Waals surface area contributed by atoms with Crippen LogP contribution in [0.25, 0.3) is 22.9 Å². The van der Waals surface area contributed by atoms with E-state index >= 15 is 0 Å². The van der Waals surface area contributed by atoms with Crippen molar-refractivity contribution in [2.24, 2.45) is 0 Å². The van der Waals surface area contributed by atoms with Gasteiger partial charge in [-0.3, -0.25) is 0 Å². The summed E-state index contributed by atoms with van der Waals surface area (Å²) in [6, 6.07) is 54.7. The highest BCUT2D eigenvalue weighted by atomic mass is 16.5. The highest BCUT2D eigenvalue weighted by Crippen LogP contribution is 2.25. The fourth-order valence-electron chi connectivity index (χ4n) is 8.42. The zero-order valence-electron chi connectivity index (χ0n) is 42.5. The number of H-pyrrole nitrogens is 1. The van der Waals surface area contributed by atoms with Gasteiger partial charge in [-0.05, 0) is 91.6 Å². The first-order valence-corrected chi connectivity index (χ1v) is 25.0. The molecule has 0 aliphatic heterocycles. The summed E-state index contributed by atoms with van der Waals surface area (Å²) in [5, 5.41) is 25.3. The van der Waals surface area contributed by atoms with Crippen LogP contribution in [0.5, 0.6) is 11.5 Å². The van der Waals surface area contributed by atoms with Gasteiger partial charge in [-0.25, -0.2) is 24.2 Å². The van der Waals surface area contributed by atoms with Crippen LogP contribution in [-0.4, -0.2) is 72.1 Å². The SMILES string of the molecule is CCOC(=O)c1n[nH][n+](Cc2ccccc2)c1Cc1ccc(OCCc2nc(-c3ccccc3)oc2C)cc1.Cc1oc(-c2ccccc2)nc1CCOc1ccc(Cc2nnn(Cc3ccccc3)c2C(=O)O)cc1. The maximum atomic E-state index is 12.6. The molecule has 0 atom stereocenters. The Hall–Kier alpha value is -9.44. The number of hydrogen-bond acceptors (Lipinski definition) is 12. The monoisotopic (exact) mass is 1020 g/mol. The maximum Gasteiger partial charge on any atom is 0.389 e. The van der Waals surface area contributed by atoms with Gasteiger partial charge < -0.3 is 28.2 Å². The molecule has 0 radical (unpaired) electrons. The number of aryl methyl sites for hydroxylation is 2. The molecule has 0 aliphatic carbocycles. The third-order valence-corrected chi connectivity index (χ3v) is 12.3. The first kappa shape index (κ1) is 51.5. The lowest BCUT2D eigenvalue weighted by Crippen LogP contribution is -2.40. The summed E-state index contributed by atoms with van der Waals surface area (Å²) in [6.45, 7) is 7.76. The largest absolute Gasteiger partial charge is 0.493 e. The third-order valence-electron chi connectivity index (χ3n) is 12.3. The first-order valence-electron chi connectivity index (χ1n) is 25.0. The van der Waals surface area contributed by atoms with Crippen molar-refractivity contribution in [3.05, 3.63) is 238 Å². The number of nitrogens with zero attached hydrogens (tertiary/aromatic N) is 7. The minimum Gasteiger partial charge on any atom is -0.493 e. The zero-order valence-corrected chi connectivity index (χ0v) is 42.5.